The zero-order chi connectivity index (χ0) is 28.8. The number of allylic oxidation sites excluding steroid dienone is 1. The lowest BCUT2D eigenvalue weighted by atomic mass is 10.0. The summed E-state index contributed by atoms with van der Waals surface area (Å²) < 4.78 is 12.0. The third kappa shape index (κ3) is 7.29. The number of likely N-dealkylation sites (N-methyl/N-ethyl adjacent to an activating group) is 1. The summed E-state index contributed by atoms with van der Waals surface area (Å²) in [6.45, 7) is 5.47. The number of likely N-dealkylation sites (tertiary alicyclic amines) is 1. The zero-order valence-electron chi connectivity index (χ0n) is 23.4. The molecule has 0 spiro atoms. The van der Waals surface area contributed by atoms with E-state index in [1.165, 1.54) is 30.6 Å². The number of aromatic nitrogens is 1. The largest absolute Gasteiger partial charge is 0.493 e. The van der Waals surface area contributed by atoms with E-state index in [9.17, 15) is 14.4 Å². The van der Waals surface area contributed by atoms with E-state index in [-0.39, 0.29) is 24.2 Å². The number of benzene rings is 2. The molecule has 0 atom stereocenters. The van der Waals surface area contributed by atoms with Crippen molar-refractivity contribution in [3.05, 3.63) is 60.2 Å². The number of piperidine rings is 1. The van der Waals surface area contributed by atoms with Crippen LogP contribution in [0.4, 0.5) is 5.13 Å². The van der Waals surface area contributed by atoms with Gasteiger partial charge in [-0.15, -0.1) is 0 Å². The highest BCUT2D eigenvalue weighted by Gasteiger charge is 2.28. The summed E-state index contributed by atoms with van der Waals surface area (Å²) in [5, 5.41) is 3.24. The molecule has 3 heterocycles. The summed E-state index contributed by atoms with van der Waals surface area (Å²) in [5.41, 5.74) is 1.17. The molecule has 0 bridgehead atoms. The summed E-state index contributed by atoms with van der Waals surface area (Å²) >= 11 is 1.38. The molecule has 0 radical (unpaired) electrons. The van der Waals surface area contributed by atoms with Gasteiger partial charge in [0.1, 0.15) is 0 Å². The number of rotatable bonds is 9. The number of thiazole rings is 1. The van der Waals surface area contributed by atoms with Crippen LogP contribution in [0, 0.1) is 0 Å². The van der Waals surface area contributed by atoms with Gasteiger partial charge in [0.15, 0.2) is 29.0 Å². The maximum Gasteiger partial charge on any atom is 0.264 e. The Morgan fingerprint density at radius 3 is 2.49 bits per heavy atom. The van der Waals surface area contributed by atoms with Gasteiger partial charge < -0.3 is 19.3 Å². The van der Waals surface area contributed by atoms with Gasteiger partial charge in [-0.3, -0.25) is 24.6 Å². The smallest absolute Gasteiger partial charge is 0.264 e. The van der Waals surface area contributed by atoms with Gasteiger partial charge in [-0.25, -0.2) is 4.98 Å². The zero-order valence-corrected chi connectivity index (χ0v) is 24.2. The molecule has 2 amide bonds. The number of anilines is 1. The quantitative estimate of drug-likeness (QED) is 0.305. The van der Waals surface area contributed by atoms with E-state index in [1.807, 2.05) is 29.2 Å². The average Bonchev–Trinajstić information content (AvgIpc) is 3.41. The molecule has 41 heavy (non-hydrogen) atoms. The van der Waals surface area contributed by atoms with Crippen molar-refractivity contribution >= 4 is 44.3 Å². The molecule has 3 aromatic rings. The molecule has 2 aliphatic heterocycles. The molecule has 11 heteroatoms. The van der Waals surface area contributed by atoms with Crippen LogP contribution in [-0.2, 0) is 9.59 Å². The predicted molar refractivity (Wildman–Crippen MR) is 159 cm³/mol. The Hall–Kier alpha value is -3.80. The molecule has 1 aromatic heterocycles. The van der Waals surface area contributed by atoms with Crippen molar-refractivity contribution in [2.75, 3.05) is 65.3 Å². The van der Waals surface area contributed by atoms with Crippen LogP contribution in [0.15, 0.2) is 54.6 Å². The van der Waals surface area contributed by atoms with Crippen LogP contribution >= 0.6 is 11.3 Å². The van der Waals surface area contributed by atoms with Crippen molar-refractivity contribution in [3.63, 3.8) is 0 Å². The molecule has 0 aliphatic carbocycles. The van der Waals surface area contributed by atoms with E-state index < -0.39 is 0 Å². The number of nitrogens with zero attached hydrogens (tertiary/aromatic N) is 4. The molecular weight excluding hydrogens is 542 g/mol. The Morgan fingerprint density at radius 2 is 1.76 bits per heavy atom. The van der Waals surface area contributed by atoms with E-state index in [0.29, 0.717) is 41.3 Å². The van der Waals surface area contributed by atoms with Crippen LogP contribution in [0.2, 0.25) is 0 Å². The van der Waals surface area contributed by atoms with Gasteiger partial charge >= 0.3 is 0 Å². The van der Waals surface area contributed by atoms with E-state index in [4.69, 9.17) is 9.47 Å². The Morgan fingerprint density at radius 1 is 1.00 bits per heavy atom. The van der Waals surface area contributed by atoms with E-state index >= 15 is 0 Å². The van der Waals surface area contributed by atoms with Gasteiger partial charge in [0, 0.05) is 56.9 Å². The monoisotopic (exact) mass is 577 g/mol. The molecule has 0 unspecified atom stereocenters. The summed E-state index contributed by atoms with van der Waals surface area (Å²) in [6, 6.07) is 12.9. The highest BCUT2D eigenvalue weighted by Crippen LogP contribution is 2.29. The van der Waals surface area contributed by atoms with Crippen molar-refractivity contribution in [1.29, 1.82) is 0 Å². The molecule has 216 valence electrons. The van der Waals surface area contributed by atoms with Gasteiger partial charge in [0.05, 0.1) is 17.3 Å². The average molecular weight is 578 g/mol. The van der Waals surface area contributed by atoms with Crippen LogP contribution in [0.25, 0.3) is 10.2 Å². The number of ketones is 1. The van der Waals surface area contributed by atoms with Crippen LogP contribution in [0.5, 0.6) is 11.5 Å². The molecule has 1 N–H and O–H groups in total. The van der Waals surface area contributed by atoms with Gasteiger partial charge in [-0.1, -0.05) is 23.5 Å². The van der Waals surface area contributed by atoms with Gasteiger partial charge in [-0.05, 0) is 56.3 Å². The Balaban J connectivity index is 1.10. The van der Waals surface area contributed by atoms with Crippen LogP contribution in [0.1, 0.15) is 23.2 Å². The van der Waals surface area contributed by atoms with Crippen molar-refractivity contribution in [2.45, 2.75) is 18.9 Å². The number of para-hydroxylation sites is 1. The van der Waals surface area contributed by atoms with Crippen LogP contribution in [0.3, 0.4) is 0 Å². The first-order valence-electron chi connectivity index (χ1n) is 13.8. The Kier molecular flexibility index (Phi) is 9.28. The number of nitrogens with one attached hydrogen (secondary N) is 1. The van der Waals surface area contributed by atoms with Crippen molar-refractivity contribution in [1.82, 2.24) is 19.7 Å². The number of piperazine rings is 1. The number of carbonyl (C=O) groups excluding carboxylic acids is 3. The third-order valence-corrected chi connectivity index (χ3v) is 8.51. The standard InChI is InChI=1S/C30H35N5O5S/c1-33-15-17-34(18-16-33)22-11-13-35(14-12-22)29(38)10-8-24(36)21-7-9-25(26(19-21)39-2)40-20-28(37)32-30-31-23-5-3-4-6-27(23)41-30/h3-10,19,22H,11-18,20H2,1-2H3,(H,31,32,37)/b10-8+. The van der Waals surface area contributed by atoms with Gasteiger partial charge in [0.2, 0.25) is 5.91 Å². The number of hydrogen-bond donors (Lipinski definition) is 1. The minimum Gasteiger partial charge on any atom is -0.493 e. The highest BCUT2D eigenvalue weighted by molar-refractivity contribution is 7.22. The fourth-order valence-electron chi connectivity index (χ4n) is 5.15. The van der Waals surface area contributed by atoms with E-state index in [2.05, 4.69) is 27.1 Å². The highest BCUT2D eigenvalue weighted by atomic mass is 32.1. The van der Waals surface area contributed by atoms with Crippen molar-refractivity contribution in [2.24, 2.45) is 0 Å². The number of hydrogen-bond acceptors (Lipinski definition) is 9. The second-order valence-electron chi connectivity index (χ2n) is 10.3. The molecule has 10 nitrogen and oxygen atoms in total. The molecule has 2 saturated heterocycles. The SMILES string of the molecule is COc1cc(C(=O)/C=C/C(=O)N2CCC(N3CCN(C)CC3)CC2)ccc1OCC(=O)Nc1nc2ccccc2s1. The van der Waals surface area contributed by atoms with E-state index in [1.54, 1.807) is 18.2 Å². The summed E-state index contributed by atoms with van der Waals surface area (Å²) in [4.78, 5) is 49.1. The lowest BCUT2D eigenvalue weighted by Crippen LogP contribution is -2.52. The molecular formula is C30H35N5O5S. The minimum atomic E-state index is -0.361. The third-order valence-electron chi connectivity index (χ3n) is 7.55. The molecule has 2 aromatic carbocycles. The number of carbonyl (C=O) groups is 3. The summed E-state index contributed by atoms with van der Waals surface area (Å²) in [7, 11) is 3.61. The maximum absolute atomic E-state index is 12.8. The number of amides is 2. The second-order valence-corrected chi connectivity index (χ2v) is 11.3. The van der Waals surface area contributed by atoms with Crippen LogP contribution in [-0.4, -0.2) is 103 Å². The first-order chi connectivity index (χ1) is 19.9. The lowest BCUT2D eigenvalue weighted by molar-refractivity contribution is -0.127. The van der Waals surface area contributed by atoms with Crippen molar-refractivity contribution < 1.29 is 23.9 Å². The second kappa shape index (κ2) is 13.2. The van der Waals surface area contributed by atoms with Gasteiger partial charge in [-0.2, -0.15) is 0 Å². The predicted octanol–water partition coefficient (Wildman–Crippen LogP) is 3.30. The van der Waals surface area contributed by atoms with Gasteiger partial charge in [0.25, 0.3) is 5.91 Å². The number of fused-ring (bicyclic) bond motifs is 1. The number of ether oxygens (including phenoxy) is 2. The maximum atomic E-state index is 12.8. The Labute approximate surface area is 243 Å². The van der Waals surface area contributed by atoms with Crippen molar-refractivity contribution in [3.8, 4) is 11.5 Å². The molecule has 5 rings (SSSR count). The van der Waals surface area contributed by atoms with Crippen LogP contribution < -0.4 is 14.8 Å². The summed E-state index contributed by atoms with van der Waals surface area (Å²) in [5.74, 6) is -0.188. The Bertz CT molecular complexity index is 1390. The normalized spacial score (nSPS) is 17.2. The first-order valence-corrected chi connectivity index (χ1v) is 14.6. The fraction of sp³-hybridized carbons (Fsp3) is 0.400. The minimum absolute atomic E-state index is 0.152. The topological polar surface area (TPSA) is 104 Å². The molecule has 2 aliphatic rings. The fourth-order valence-corrected chi connectivity index (χ4v) is 6.03. The summed E-state index contributed by atoms with van der Waals surface area (Å²) in [6.07, 6.45) is 4.56. The lowest BCUT2D eigenvalue weighted by Gasteiger charge is -2.41. The molecule has 2 fully saturated rings. The van der Waals surface area contributed by atoms with E-state index in [0.717, 1.165) is 49.2 Å². The number of methoxy groups -OCH3 is 1. The molecule has 0 saturated carbocycles. The first kappa shape index (κ1) is 28.7.